The molecule has 1 aromatic carbocycles. The first-order chi connectivity index (χ1) is 10.2. The van der Waals surface area contributed by atoms with Crippen molar-refractivity contribution >= 4 is 17.5 Å². The van der Waals surface area contributed by atoms with Gasteiger partial charge >= 0.3 is 0 Å². The summed E-state index contributed by atoms with van der Waals surface area (Å²) in [7, 11) is 0. The third-order valence-corrected chi connectivity index (χ3v) is 4.40. The molecule has 21 heavy (non-hydrogen) atoms. The summed E-state index contributed by atoms with van der Waals surface area (Å²) in [5, 5.41) is 5.79. The molecular weight excluding hydrogens is 266 g/mol. The van der Waals surface area contributed by atoms with Crippen LogP contribution in [0, 0.1) is 0 Å². The first-order valence-corrected chi connectivity index (χ1v) is 7.62. The van der Waals surface area contributed by atoms with Crippen molar-refractivity contribution in [3.8, 4) is 0 Å². The first kappa shape index (κ1) is 14.1. The highest BCUT2D eigenvalue weighted by molar-refractivity contribution is 6.02. The maximum atomic E-state index is 12.2. The Labute approximate surface area is 124 Å². The molecule has 112 valence electrons. The third-order valence-electron chi connectivity index (χ3n) is 4.40. The molecule has 0 spiro atoms. The normalized spacial score (nSPS) is 21.2. The monoisotopic (exact) mass is 287 g/mol. The zero-order chi connectivity index (χ0) is 14.8. The summed E-state index contributed by atoms with van der Waals surface area (Å²) in [5.74, 6) is -0.0750. The van der Waals surface area contributed by atoms with Crippen molar-refractivity contribution in [1.82, 2.24) is 10.2 Å². The Kier molecular flexibility index (Phi) is 3.92. The summed E-state index contributed by atoms with van der Waals surface area (Å²) in [4.78, 5) is 26.0. The number of nitrogens with zero attached hydrogens (tertiary/aromatic N) is 1. The van der Waals surface area contributed by atoms with Gasteiger partial charge in [0.2, 0.25) is 5.91 Å². The lowest BCUT2D eigenvalue weighted by Gasteiger charge is -2.22. The third kappa shape index (κ3) is 2.93. The van der Waals surface area contributed by atoms with Gasteiger partial charge in [-0.05, 0) is 43.6 Å². The second kappa shape index (κ2) is 5.85. The van der Waals surface area contributed by atoms with Crippen molar-refractivity contribution in [1.29, 1.82) is 0 Å². The Hall–Kier alpha value is -1.88. The molecule has 0 saturated carbocycles. The number of benzene rings is 1. The molecular formula is C16H21N3O2. The van der Waals surface area contributed by atoms with Crippen LogP contribution in [0.4, 0.5) is 5.69 Å². The molecule has 2 aliphatic heterocycles. The lowest BCUT2D eigenvalue weighted by atomic mass is 10.1. The van der Waals surface area contributed by atoms with Crippen molar-refractivity contribution in [2.75, 3.05) is 25.0 Å². The minimum atomic E-state index is -0.0677. The van der Waals surface area contributed by atoms with Crippen LogP contribution in [0.3, 0.4) is 0 Å². The van der Waals surface area contributed by atoms with E-state index < -0.39 is 0 Å². The van der Waals surface area contributed by atoms with Crippen LogP contribution in [0.15, 0.2) is 18.2 Å². The van der Waals surface area contributed by atoms with Gasteiger partial charge in [-0.15, -0.1) is 0 Å². The van der Waals surface area contributed by atoms with Crippen LogP contribution in [-0.2, 0) is 11.2 Å². The minimum absolute atomic E-state index is 0.00731. The van der Waals surface area contributed by atoms with Gasteiger partial charge in [0.25, 0.3) is 5.91 Å². The van der Waals surface area contributed by atoms with Crippen LogP contribution in [0.2, 0.25) is 0 Å². The van der Waals surface area contributed by atoms with Crippen molar-refractivity contribution in [3.63, 3.8) is 0 Å². The van der Waals surface area contributed by atoms with Crippen molar-refractivity contribution in [3.05, 3.63) is 29.3 Å². The standard InChI is InChI=1S/C16H21N3O2/c1-2-19-7-3-4-13(19)10-17-16(21)12-6-5-11-9-15(20)18-14(11)8-12/h5-6,8,13H,2-4,7,9-10H2,1H3,(H,17,21)(H,18,20). The fourth-order valence-electron chi connectivity index (χ4n) is 3.21. The number of likely N-dealkylation sites (N-methyl/N-ethyl adjacent to an activating group) is 1. The van der Waals surface area contributed by atoms with Crippen molar-refractivity contribution in [2.24, 2.45) is 0 Å². The lowest BCUT2D eigenvalue weighted by Crippen LogP contribution is -2.40. The van der Waals surface area contributed by atoms with E-state index in [0.29, 0.717) is 24.6 Å². The molecule has 0 bridgehead atoms. The van der Waals surface area contributed by atoms with E-state index in [4.69, 9.17) is 0 Å². The second-order valence-corrected chi connectivity index (χ2v) is 5.73. The van der Waals surface area contributed by atoms with E-state index in [9.17, 15) is 9.59 Å². The van der Waals surface area contributed by atoms with Crippen LogP contribution in [0.5, 0.6) is 0 Å². The molecule has 0 aromatic heterocycles. The molecule has 5 nitrogen and oxygen atoms in total. The zero-order valence-electron chi connectivity index (χ0n) is 12.3. The maximum absolute atomic E-state index is 12.2. The summed E-state index contributed by atoms with van der Waals surface area (Å²) in [6.45, 7) is 5.01. The lowest BCUT2D eigenvalue weighted by molar-refractivity contribution is -0.115. The largest absolute Gasteiger partial charge is 0.350 e. The molecule has 3 rings (SSSR count). The van der Waals surface area contributed by atoms with Gasteiger partial charge in [0.15, 0.2) is 0 Å². The average Bonchev–Trinajstić information content (AvgIpc) is 3.08. The number of fused-ring (bicyclic) bond motifs is 1. The smallest absolute Gasteiger partial charge is 0.251 e. The molecule has 0 radical (unpaired) electrons. The molecule has 5 heteroatoms. The Morgan fingerprint density at radius 1 is 1.48 bits per heavy atom. The molecule has 1 saturated heterocycles. The Balaban J connectivity index is 1.61. The van der Waals surface area contributed by atoms with Gasteiger partial charge in [-0.1, -0.05) is 13.0 Å². The van der Waals surface area contributed by atoms with E-state index in [1.807, 2.05) is 6.07 Å². The van der Waals surface area contributed by atoms with E-state index in [1.165, 1.54) is 6.42 Å². The topological polar surface area (TPSA) is 61.4 Å². The minimum Gasteiger partial charge on any atom is -0.350 e. The van der Waals surface area contributed by atoms with Gasteiger partial charge in [-0.25, -0.2) is 0 Å². The fraction of sp³-hybridized carbons (Fsp3) is 0.500. The van der Waals surface area contributed by atoms with Gasteiger partial charge in [0, 0.05) is 23.8 Å². The SMILES string of the molecule is CCN1CCCC1CNC(=O)c1ccc2c(c1)NC(=O)C2. The van der Waals surface area contributed by atoms with Crippen LogP contribution in [0.1, 0.15) is 35.7 Å². The summed E-state index contributed by atoms with van der Waals surface area (Å²) in [6, 6.07) is 5.87. The van der Waals surface area contributed by atoms with Crippen LogP contribution in [-0.4, -0.2) is 42.4 Å². The van der Waals surface area contributed by atoms with E-state index in [-0.39, 0.29) is 11.8 Å². The molecule has 2 amide bonds. The van der Waals surface area contributed by atoms with E-state index in [0.717, 1.165) is 30.8 Å². The second-order valence-electron chi connectivity index (χ2n) is 5.73. The number of anilines is 1. The number of rotatable bonds is 4. The van der Waals surface area contributed by atoms with Gasteiger partial charge in [-0.3, -0.25) is 14.5 Å². The number of hydrogen-bond donors (Lipinski definition) is 2. The number of carbonyl (C=O) groups is 2. The molecule has 1 aromatic rings. The highest BCUT2D eigenvalue weighted by atomic mass is 16.2. The summed E-state index contributed by atoms with van der Waals surface area (Å²) in [6.07, 6.45) is 2.76. The summed E-state index contributed by atoms with van der Waals surface area (Å²) < 4.78 is 0. The molecule has 2 aliphatic rings. The predicted octanol–water partition coefficient (Wildman–Crippen LogP) is 1.40. The van der Waals surface area contributed by atoms with Gasteiger partial charge in [0.1, 0.15) is 0 Å². The van der Waals surface area contributed by atoms with Gasteiger partial charge in [0.05, 0.1) is 6.42 Å². The summed E-state index contributed by atoms with van der Waals surface area (Å²) in [5.41, 5.74) is 2.34. The Morgan fingerprint density at radius 3 is 3.14 bits per heavy atom. The number of nitrogens with one attached hydrogen (secondary N) is 2. The Bertz CT molecular complexity index is 571. The molecule has 1 unspecified atom stereocenters. The average molecular weight is 287 g/mol. The van der Waals surface area contributed by atoms with Crippen molar-refractivity contribution in [2.45, 2.75) is 32.2 Å². The van der Waals surface area contributed by atoms with Crippen LogP contribution < -0.4 is 10.6 Å². The summed E-state index contributed by atoms with van der Waals surface area (Å²) >= 11 is 0. The highest BCUT2D eigenvalue weighted by Gasteiger charge is 2.24. The van der Waals surface area contributed by atoms with Gasteiger partial charge < -0.3 is 10.6 Å². The van der Waals surface area contributed by atoms with Gasteiger partial charge in [-0.2, -0.15) is 0 Å². The highest BCUT2D eigenvalue weighted by Crippen LogP contribution is 2.24. The maximum Gasteiger partial charge on any atom is 0.251 e. The first-order valence-electron chi connectivity index (χ1n) is 7.62. The van der Waals surface area contributed by atoms with Crippen molar-refractivity contribution < 1.29 is 9.59 Å². The number of amides is 2. The van der Waals surface area contributed by atoms with Crippen LogP contribution in [0.25, 0.3) is 0 Å². The number of likely N-dealkylation sites (tertiary alicyclic amines) is 1. The molecule has 2 N–H and O–H groups in total. The number of carbonyl (C=O) groups excluding carboxylic acids is 2. The molecule has 2 heterocycles. The Morgan fingerprint density at radius 2 is 2.33 bits per heavy atom. The fourth-order valence-corrected chi connectivity index (χ4v) is 3.21. The van der Waals surface area contributed by atoms with E-state index in [1.54, 1.807) is 12.1 Å². The van der Waals surface area contributed by atoms with E-state index >= 15 is 0 Å². The molecule has 1 fully saturated rings. The number of hydrogen-bond acceptors (Lipinski definition) is 3. The van der Waals surface area contributed by atoms with E-state index in [2.05, 4.69) is 22.5 Å². The predicted molar refractivity (Wildman–Crippen MR) is 81.4 cm³/mol. The molecule has 1 atom stereocenters. The van der Waals surface area contributed by atoms with Crippen LogP contribution >= 0.6 is 0 Å². The quantitative estimate of drug-likeness (QED) is 0.880. The zero-order valence-corrected chi connectivity index (χ0v) is 12.3. The molecule has 0 aliphatic carbocycles.